The summed E-state index contributed by atoms with van der Waals surface area (Å²) in [7, 11) is 0. The highest BCUT2D eigenvalue weighted by Crippen LogP contribution is 2.39. The second-order valence-corrected chi connectivity index (χ2v) is 7.36. The van der Waals surface area contributed by atoms with Gasteiger partial charge in [0.15, 0.2) is 0 Å². The number of ether oxygens (including phenoxy) is 1. The molecule has 0 spiro atoms. The lowest BCUT2D eigenvalue weighted by atomic mass is 9.82. The Morgan fingerprint density at radius 1 is 0.917 bits per heavy atom. The average Bonchev–Trinajstić information content (AvgIpc) is 3.10. The van der Waals surface area contributed by atoms with Crippen LogP contribution in [0.2, 0.25) is 0 Å². The second-order valence-electron chi connectivity index (χ2n) is 7.36. The molecule has 0 amide bonds. The van der Waals surface area contributed by atoms with Gasteiger partial charge in [0.05, 0.1) is 6.61 Å². The molecule has 0 heterocycles. The summed E-state index contributed by atoms with van der Waals surface area (Å²) in [6, 6.07) is 21.4. The third-order valence-corrected chi connectivity index (χ3v) is 5.59. The first-order valence-electron chi connectivity index (χ1n) is 9.48. The molecule has 3 rings (SSSR count). The quantitative estimate of drug-likeness (QED) is 0.589. The van der Waals surface area contributed by atoms with Crippen LogP contribution < -0.4 is 0 Å². The molecule has 1 aliphatic carbocycles. The van der Waals surface area contributed by atoms with E-state index in [1.807, 2.05) is 0 Å². The average molecular weight is 322 g/mol. The second kappa shape index (κ2) is 9.03. The summed E-state index contributed by atoms with van der Waals surface area (Å²) in [6.07, 6.45) is 6.74. The minimum Gasteiger partial charge on any atom is -0.376 e. The maximum absolute atomic E-state index is 6.01. The maximum Gasteiger partial charge on any atom is 0.0717 e. The Morgan fingerprint density at radius 2 is 1.58 bits per heavy atom. The standard InChI is InChI=1S/C23H30O/c1-19(17-24-18-21-11-6-3-7-12-21)23-14-8-13-22(23)16-15-20-9-4-2-5-10-20/h2-7,9-12,19,22-23H,8,13-18H2,1H3/t19-,22+,23+/m0/s1. The molecule has 0 aromatic heterocycles. The molecule has 2 aromatic rings. The van der Waals surface area contributed by atoms with Gasteiger partial charge in [-0.25, -0.2) is 0 Å². The van der Waals surface area contributed by atoms with E-state index in [1.54, 1.807) is 0 Å². The normalized spacial score (nSPS) is 21.7. The van der Waals surface area contributed by atoms with Crippen molar-refractivity contribution in [3.63, 3.8) is 0 Å². The Bertz CT molecular complexity index is 577. The fourth-order valence-electron chi connectivity index (χ4n) is 4.23. The van der Waals surface area contributed by atoms with Crippen molar-refractivity contribution >= 4 is 0 Å². The van der Waals surface area contributed by atoms with E-state index in [9.17, 15) is 0 Å². The molecular weight excluding hydrogens is 292 g/mol. The minimum absolute atomic E-state index is 0.664. The van der Waals surface area contributed by atoms with E-state index in [1.165, 1.54) is 43.2 Å². The summed E-state index contributed by atoms with van der Waals surface area (Å²) in [6.45, 7) is 4.02. The Balaban J connectivity index is 1.44. The van der Waals surface area contributed by atoms with Crippen LogP contribution in [0.1, 0.15) is 43.7 Å². The summed E-state index contributed by atoms with van der Waals surface area (Å²) in [5, 5.41) is 0. The van der Waals surface area contributed by atoms with Crippen LogP contribution in [0.4, 0.5) is 0 Å². The van der Waals surface area contributed by atoms with E-state index in [0.717, 1.165) is 25.0 Å². The molecule has 1 saturated carbocycles. The molecule has 1 nitrogen and oxygen atoms in total. The predicted molar refractivity (Wildman–Crippen MR) is 101 cm³/mol. The van der Waals surface area contributed by atoms with Gasteiger partial charge in [-0.3, -0.25) is 0 Å². The highest BCUT2D eigenvalue weighted by Gasteiger charge is 2.31. The van der Waals surface area contributed by atoms with Gasteiger partial charge in [-0.1, -0.05) is 80.4 Å². The molecule has 0 aliphatic heterocycles. The summed E-state index contributed by atoms with van der Waals surface area (Å²) in [5.41, 5.74) is 2.76. The molecule has 1 fully saturated rings. The van der Waals surface area contributed by atoms with Crippen LogP contribution in [0.25, 0.3) is 0 Å². The first-order chi connectivity index (χ1) is 11.8. The van der Waals surface area contributed by atoms with Crippen molar-refractivity contribution in [3.05, 3.63) is 71.8 Å². The maximum atomic E-state index is 6.01. The number of benzene rings is 2. The van der Waals surface area contributed by atoms with Gasteiger partial charge in [-0.05, 0) is 48.1 Å². The van der Waals surface area contributed by atoms with Crippen LogP contribution >= 0.6 is 0 Å². The Labute approximate surface area is 147 Å². The zero-order chi connectivity index (χ0) is 16.6. The van der Waals surface area contributed by atoms with Gasteiger partial charge in [0.25, 0.3) is 0 Å². The molecule has 0 radical (unpaired) electrons. The predicted octanol–water partition coefficient (Wildman–Crippen LogP) is 5.89. The Hall–Kier alpha value is -1.60. The lowest BCUT2D eigenvalue weighted by Crippen LogP contribution is -2.21. The number of hydrogen-bond donors (Lipinski definition) is 0. The van der Waals surface area contributed by atoms with E-state index >= 15 is 0 Å². The zero-order valence-electron chi connectivity index (χ0n) is 14.9. The van der Waals surface area contributed by atoms with Gasteiger partial charge in [0.1, 0.15) is 0 Å². The molecule has 128 valence electrons. The number of rotatable bonds is 8. The van der Waals surface area contributed by atoms with Crippen LogP contribution in [0.3, 0.4) is 0 Å². The van der Waals surface area contributed by atoms with Gasteiger partial charge in [-0.2, -0.15) is 0 Å². The first-order valence-corrected chi connectivity index (χ1v) is 9.48. The lowest BCUT2D eigenvalue weighted by Gasteiger charge is -2.26. The number of hydrogen-bond acceptors (Lipinski definition) is 1. The summed E-state index contributed by atoms with van der Waals surface area (Å²) >= 11 is 0. The Morgan fingerprint density at radius 3 is 2.29 bits per heavy atom. The highest BCUT2D eigenvalue weighted by atomic mass is 16.5. The van der Waals surface area contributed by atoms with Crippen LogP contribution in [-0.4, -0.2) is 6.61 Å². The molecule has 3 atom stereocenters. The van der Waals surface area contributed by atoms with Crippen molar-refractivity contribution in [2.24, 2.45) is 17.8 Å². The molecule has 1 heteroatoms. The van der Waals surface area contributed by atoms with Gasteiger partial charge < -0.3 is 4.74 Å². The zero-order valence-corrected chi connectivity index (χ0v) is 14.9. The van der Waals surface area contributed by atoms with Crippen LogP contribution in [0, 0.1) is 17.8 Å². The van der Waals surface area contributed by atoms with Gasteiger partial charge in [-0.15, -0.1) is 0 Å². The molecule has 0 unspecified atom stereocenters. The van der Waals surface area contributed by atoms with Crippen LogP contribution in [0.15, 0.2) is 60.7 Å². The molecular formula is C23H30O. The van der Waals surface area contributed by atoms with Crippen molar-refractivity contribution in [2.75, 3.05) is 6.61 Å². The van der Waals surface area contributed by atoms with Gasteiger partial charge >= 0.3 is 0 Å². The lowest BCUT2D eigenvalue weighted by molar-refractivity contribution is 0.0631. The summed E-state index contributed by atoms with van der Waals surface area (Å²) < 4.78 is 6.01. The Kier molecular flexibility index (Phi) is 6.48. The molecule has 0 saturated heterocycles. The molecule has 1 aliphatic rings. The van der Waals surface area contributed by atoms with E-state index in [4.69, 9.17) is 4.74 Å². The number of aryl methyl sites for hydroxylation is 1. The van der Waals surface area contributed by atoms with Gasteiger partial charge in [0.2, 0.25) is 0 Å². The third-order valence-electron chi connectivity index (χ3n) is 5.59. The SMILES string of the molecule is C[C@@H](COCc1ccccc1)[C@H]1CCC[C@@H]1CCc1ccccc1. The van der Waals surface area contributed by atoms with Crippen molar-refractivity contribution < 1.29 is 4.74 Å². The van der Waals surface area contributed by atoms with Crippen molar-refractivity contribution in [1.82, 2.24) is 0 Å². The molecule has 0 bridgehead atoms. The first kappa shape index (κ1) is 17.2. The van der Waals surface area contributed by atoms with E-state index < -0.39 is 0 Å². The van der Waals surface area contributed by atoms with Crippen molar-refractivity contribution in [2.45, 2.75) is 45.6 Å². The third kappa shape index (κ3) is 4.95. The summed E-state index contributed by atoms with van der Waals surface area (Å²) in [5.74, 6) is 2.38. The topological polar surface area (TPSA) is 9.23 Å². The van der Waals surface area contributed by atoms with Crippen LogP contribution in [-0.2, 0) is 17.8 Å². The van der Waals surface area contributed by atoms with E-state index in [2.05, 4.69) is 67.6 Å². The summed E-state index contributed by atoms with van der Waals surface area (Å²) in [4.78, 5) is 0. The van der Waals surface area contributed by atoms with E-state index in [0.29, 0.717) is 5.92 Å². The van der Waals surface area contributed by atoms with Gasteiger partial charge in [0, 0.05) is 6.61 Å². The smallest absolute Gasteiger partial charge is 0.0717 e. The minimum atomic E-state index is 0.664. The van der Waals surface area contributed by atoms with Crippen molar-refractivity contribution in [1.29, 1.82) is 0 Å². The fraction of sp³-hybridized carbons (Fsp3) is 0.478. The molecule has 24 heavy (non-hydrogen) atoms. The van der Waals surface area contributed by atoms with Crippen LogP contribution in [0.5, 0.6) is 0 Å². The highest BCUT2D eigenvalue weighted by molar-refractivity contribution is 5.15. The van der Waals surface area contributed by atoms with Crippen molar-refractivity contribution in [3.8, 4) is 0 Å². The molecule has 2 aromatic carbocycles. The van der Waals surface area contributed by atoms with E-state index in [-0.39, 0.29) is 0 Å². The molecule has 0 N–H and O–H groups in total. The largest absolute Gasteiger partial charge is 0.376 e. The fourth-order valence-corrected chi connectivity index (χ4v) is 4.23. The monoisotopic (exact) mass is 322 g/mol.